The van der Waals surface area contributed by atoms with E-state index in [1.54, 1.807) is 19.2 Å². The highest BCUT2D eigenvalue weighted by Gasteiger charge is 2.36. The zero-order valence-electron chi connectivity index (χ0n) is 14.9. The van der Waals surface area contributed by atoms with Crippen molar-refractivity contribution in [1.29, 1.82) is 0 Å². The van der Waals surface area contributed by atoms with Crippen molar-refractivity contribution < 1.29 is 13.2 Å². The van der Waals surface area contributed by atoms with E-state index in [0.717, 1.165) is 30.4 Å². The number of hydrogen-bond acceptors (Lipinski definition) is 6. The van der Waals surface area contributed by atoms with Gasteiger partial charge in [0.2, 0.25) is 5.95 Å². The Kier molecular flexibility index (Phi) is 4.20. The van der Waals surface area contributed by atoms with Crippen LogP contribution < -0.4 is 4.90 Å². The number of anilines is 1. The van der Waals surface area contributed by atoms with Crippen molar-refractivity contribution in [2.75, 3.05) is 18.0 Å². The molecule has 4 rings (SSSR count). The molecule has 0 amide bonds. The largest absolute Gasteiger partial charge is 0.453 e. The van der Waals surface area contributed by atoms with Crippen LogP contribution in [0.3, 0.4) is 0 Å². The summed E-state index contributed by atoms with van der Waals surface area (Å²) in [7, 11) is 0. The fourth-order valence-electron chi connectivity index (χ4n) is 3.17. The van der Waals surface area contributed by atoms with Gasteiger partial charge >= 0.3 is 6.18 Å². The normalized spacial score (nSPS) is 16.3. The Morgan fingerprint density at radius 3 is 2.56 bits per heavy atom. The first-order valence-electron chi connectivity index (χ1n) is 8.71. The molecule has 3 aromatic rings. The molecular formula is C17H18F3N7. The minimum Gasteiger partial charge on any atom is -0.341 e. The Balaban J connectivity index is 1.72. The van der Waals surface area contributed by atoms with Crippen LogP contribution in [0.1, 0.15) is 31.3 Å². The van der Waals surface area contributed by atoms with Crippen LogP contribution in [0.5, 0.6) is 0 Å². The minimum atomic E-state index is -4.62. The van der Waals surface area contributed by atoms with Crippen LogP contribution in [-0.4, -0.2) is 42.6 Å². The molecule has 4 heterocycles. The molecule has 0 radical (unpaired) electrons. The predicted octanol–water partition coefficient (Wildman–Crippen LogP) is 3.14. The second-order valence-corrected chi connectivity index (χ2v) is 6.81. The fourth-order valence-corrected chi connectivity index (χ4v) is 3.17. The summed E-state index contributed by atoms with van der Waals surface area (Å²) in [5, 5.41) is 3.55. The number of rotatable bonds is 2. The van der Waals surface area contributed by atoms with Crippen molar-refractivity contribution in [2.24, 2.45) is 5.92 Å². The van der Waals surface area contributed by atoms with Gasteiger partial charge in [-0.15, -0.1) is 5.10 Å². The van der Waals surface area contributed by atoms with E-state index in [1.807, 2.05) is 0 Å². The van der Waals surface area contributed by atoms with E-state index in [-0.39, 0.29) is 5.78 Å². The molecule has 0 bridgehead atoms. The number of hydrogen-bond donors (Lipinski definition) is 0. The maximum Gasteiger partial charge on any atom is 0.453 e. The number of halogens is 3. The molecule has 3 aromatic heterocycles. The monoisotopic (exact) mass is 377 g/mol. The van der Waals surface area contributed by atoms with Gasteiger partial charge in [0.15, 0.2) is 0 Å². The van der Waals surface area contributed by atoms with Crippen molar-refractivity contribution in [3.63, 3.8) is 0 Å². The summed E-state index contributed by atoms with van der Waals surface area (Å²) in [6.45, 7) is 5.67. The summed E-state index contributed by atoms with van der Waals surface area (Å²) in [6.07, 6.45) is 0.679. The Labute approximate surface area is 153 Å². The lowest BCUT2D eigenvalue weighted by Crippen LogP contribution is -2.34. The van der Waals surface area contributed by atoms with Crippen LogP contribution in [0.25, 0.3) is 17.0 Å². The lowest BCUT2D eigenvalue weighted by atomic mass is 10.00. The molecule has 1 aliphatic heterocycles. The molecule has 0 aromatic carbocycles. The van der Waals surface area contributed by atoms with Crippen molar-refractivity contribution in [2.45, 2.75) is 32.9 Å². The van der Waals surface area contributed by atoms with Gasteiger partial charge < -0.3 is 4.90 Å². The Bertz CT molecular complexity index is 974. The van der Waals surface area contributed by atoms with Crippen molar-refractivity contribution >= 4 is 11.7 Å². The molecule has 142 valence electrons. The first-order chi connectivity index (χ1) is 12.8. The SMILES string of the molecule is Cc1c(-c2ccnc(N3CCC(C)CC3)n2)cnc2nc(C(F)(F)F)nn12. The Hall–Kier alpha value is -2.78. The molecule has 27 heavy (non-hydrogen) atoms. The molecule has 7 nitrogen and oxygen atoms in total. The third kappa shape index (κ3) is 3.31. The number of fused-ring (bicyclic) bond motifs is 1. The number of nitrogens with zero attached hydrogens (tertiary/aromatic N) is 7. The highest BCUT2D eigenvalue weighted by molar-refractivity contribution is 5.63. The van der Waals surface area contributed by atoms with Crippen molar-refractivity contribution in [3.8, 4) is 11.3 Å². The van der Waals surface area contributed by atoms with Gasteiger partial charge in [0.25, 0.3) is 11.6 Å². The highest BCUT2D eigenvalue weighted by atomic mass is 19.4. The quantitative estimate of drug-likeness (QED) is 0.683. The van der Waals surface area contributed by atoms with E-state index in [4.69, 9.17) is 0 Å². The van der Waals surface area contributed by atoms with Crippen molar-refractivity contribution in [1.82, 2.24) is 29.5 Å². The number of piperidine rings is 1. The standard InChI is InChI=1S/C17H18F3N7/c1-10-4-7-26(8-5-10)15-21-6-3-13(23-15)12-9-22-16-24-14(17(18,19)20)25-27(16)11(12)2/h3,6,9-10H,4-5,7-8H2,1-2H3. The maximum absolute atomic E-state index is 12.9. The summed E-state index contributed by atoms with van der Waals surface area (Å²) >= 11 is 0. The zero-order valence-corrected chi connectivity index (χ0v) is 14.9. The molecule has 1 aliphatic rings. The molecule has 0 spiro atoms. The molecular weight excluding hydrogens is 359 g/mol. The minimum absolute atomic E-state index is 0.0946. The summed E-state index contributed by atoms with van der Waals surface area (Å²) in [4.78, 5) is 18.6. The molecule has 1 fully saturated rings. The lowest BCUT2D eigenvalue weighted by Gasteiger charge is -2.30. The van der Waals surface area contributed by atoms with Crippen LogP contribution >= 0.6 is 0 Å². The Morgan fingerprint density at radius 2 is 1.85 bits per heavy atom. The number of aromatic nitrogens is 6. The third-order valence-electron chi connectivity index (χ3n) is 4.85. The van der Waals surface area contributed by atoms with E-state index < -0.39 is 12.0 Å². The molecule has 0 unspecified atom stereocenters. The number of alkyl halides is 3. The van der Waals surface area contributed by atoms with Gasteiger partial charge in [0, 0.05) is 31.0 Å². The van der Waals surface area contributed by atoms with Gasteiger partial charge in [-0.1, -0.05) is 6.92 Å². The van der Waals surface area contributed by atoms with E-state index in [0.29, 0.717) is 28.8 Å². The molecule has 10 heteroatoms. The summed E-state index contributed by atoms with van der Waals surface area (Å²) in [5.41, 5.74) is 1.67. The molecule has 1 saturated heterocycles. The second kappa shape index (κ2) is 6.43. The van der Waals surface area contributed by atoms with Crippen LogP contribution in [-0.2, 0) is 6.18 Å². The predicted molar refractivity (Wildman–Crippen MR) is 92.2 cm³/mol. The Morgan fingerprint density at radius 1 is 1.11 bits per heavy atom. The summed E-state index contributed by atoms with van der Waals surface area (Å²) < 4.78 is 39.7. The van der Waals surface area contributed by atoms with Crippen LogP contribution in [0.2, 0.25) is 0 Å². The van der Waals surface area contributed by atoms with Crippen LogP contribution in [0.15, 0.2) is 18.5 Å². The van der Waals surface area contributed by atoms with Gasteiger partial charge in [-0.05, 0) is 31.7 Å². The van der Waals surface area contributed by atoms with Crippen LogP contribution in [0, 0.1) is 12.8 Å². The van der Waals surface area contributed by atoms with Gasteiger partial charge in [-0.25, -0.2) is 19.5 Å². The number of aryl methyl sites for hydroxylation is 1. The van der Waals surface area contributed by atoms with E-state index >= 15 is 0 Å². The zero-order chi connectivity index (χ0) is 19.2. The molecule has 0 saturated carbocycles. The fraction of sp³-hybridized carbons (Fsp3) is 0.471. The average molecular weight is 377 g/mol. The van der Waals surface area contributed by atoms with Gasteiger partial charge in [-0.2, -0.15) is 18.2 Å². The van der Waals surface area contributed by atoms with Gasteiger partial charge in [-0.3, -0.25) is 0 Å². The van der Waals surface area contributed by atoms with E-state index in [2.05, 4.69) is 36.9 Å². The first kappa shape index (κ1) is 17.6. The van der Waals surface area contributed by atoms with Gasteiger partial charge in [0.05, 0.1) is 11.4 Å². The maximum atomic E-state index is 12.9. The molecule has 0 atom stereocenters. The van der Waals surface area contributed by atoms with E-state index in [9.17, 15) is 13.2 Å². The average Bonchev–Trinajstić information content (AvgIpc) is 3.08. The second-order valence-electron chi connectivity index (χ2n) is 6.81. The van der Waals surface area contributed by atoms with E-state index in [1.165, 1.54) is 6.20 Å². The lowest BCUT2D eigenvalue weighted by molar-refractivity contribution is -0.144. The first-order valence-corrected chi connectivity index (χ1v) is 8.71. The third-order valence-corrected chi connectivity index (χ3v) is 4.85. The molecule has 0 N–H and O–H groups in total. The topological polar surface area (TPSA) is 72.1 Å². The molecule has 0 aliphatic carbocycles. The van der Waals surface area contributed by atoms with Gasteiger partial charge in [0.1, 0.15) is 0 Å². The summed E-state index contributed by atoms with van der Waals surface area (Å²) in [6, 6.07) is 1.72. The van der Waals surface area contributed by atoms with Crippen molar-refractivity contribution in [3.05, 3.63) is 30.0 Å². The highest BCUT2D eigenvalue weighted by Crippen LogP contribution is 2.28. The van der Waals surface area contributed by atoms with Crippen LogP contribution in [0.4, 0.5) is 19.1 Å². The summed E-state index contributed by atoms with van der Waals surface area (Å²) in [5.74, 6) is 0.00540. The smallest absolute Gasteiger partial charge is 0.341 e.